The lowest BCUT2D eigenvalue weighted by atomic mass is 9.83. The van der Waals surface area contributed by atoms with Crippen molar-refractivity contribution in [3.63, 3.8) is 0 Å². The normalized spacial score (nSPS) is 14.1. The molecular formula is C71H145N3O25Si9-2. The largest absolute Gasteiger partial charge is 0.550 e. The van der Waals surface area contributed by atoms with Crippen LogP contribution in [0.5, 0.6) is 0 Å². The van der Waals surface area contributed by atoms with Gasteiger partial charge in [0, 0.05) is 112 Å². The smallest absolute Gasteiger partial charge is 0.333 e. The first-order valence-corrected chi connectivity index (χ1v) is 63.4. The van der Waals surface area contributed by atoms with E-state index in [1.165, 1.54) is 25.7 Å². The summed E-state index contributed by atoms with van der Waals surface area (Å²) < 4.78 is 81.0. The number of carboxylic acids is 3. The number of hydrogen-bond donors (Lipinski definition) is 1. The lowest BCUT2D eigenvalue weighted by molar-refractivity contribution is -0.313. The molecule has 0 saturated carbocycles. The highest BCUT2D eigenvalue weighted by Gasteiger charge is 2.43. The summed E-state index contributed by atoms with van der Waals surface area (Å²) in [7, 11) is -11.6. The molecule has 0 fully saturated rings. The summed E-state index contributed by atoms with van der Waals surface area (Å²) in [5.41, 5.74) is -0.252. The third kappa shape index (κ3) is 66.5. The van der Waals surface area contributed by atoms with Gasteiger partial charge in [-0.3, -0.25) is 4.79 Å². The molecule has 1 aliphatic rings. The Balaban J connectivity index is -0.000000433. The van der Waals surface area contributed by atoms with Crippen molar-refractivity contribution in [3.8, 4) is 0 Å². The lowest BCUT2D eigenvalue weighted by Gasteiger charge is -2.38. The van der Waals surface area contributed by atoms with E-state index in [1.807, 2.05) is 83.3 Å². The molecule has 1 rings (SSSR count). The third-order valence-electron chi connectivity index (χ3n) is 14.6. The zero-order valence-corrected chi connectivity index (χ0v) is 80.3. The van der Waals surface area contributed by atoms with Gasteiger partial charge in [-0.15, -0.1) is 0 Å². The van der Waals surface area contributed by atoms with Crippen LogP contribution in [0.25, 0.3) is 0 Å². The molecule has 632 valence electrons. The van der Waals surface area contributed by atoms with Crippen molar-refractivity contribution in [2.45, 2.75) is 240 Å². The standard InChI is InChI=1S/C21H42O7Si3.2C18H38O7Si3.2C7H13NO2.H3N/c1-8-9-17-29(2,3)27-31(6,7)28-30(4,5)26-16-12-15-25-21(24)19-14-11-10-13-18(19)20(22)23;2*1-9-10-14-26(3,4)24-28(7,8)25-27(5,6)23-13-11-12-22-18(21)16(2)15-17(19)20;2*1-4-7(9)10-6-5-8(2)3;/h10-11,18-19H,8-9,12-17H2,1-7H3,(H,22,23);2*2,9-15H2,1,3-8H3,(H,19,20);2*4H,1,5-6H2,2-3H3;1H3/p-2. The van der Waals surface area contributed by atoms with Crippen LogP contribution in [0.2, 0.25) is 136 Å². The second-order valence-electron chi connectivity index (χ2n) is 30.8. The number of rotatable bonds is 52. The van der Waals surface area contributed by atoms with Crippen molar-refractivity contribution < 1.29 is 115 Å². The maximum absolute atomic E-state index is 12.3. The van der Waals surface area contributed by atoms with Gasteiger partial charge in [-0.2, -0.15) is 0 Å². The molecule has 0 aromatic carbocycles. The van der Waals surface area contributed by atoms with Gasteiger partial charge in [0.25, 0.3) is 0 Å². The van der Waals surface area contributed by atoms with E-state index in [0.717, 1.165) is 56.2 Å². The molecule has 0 aromatic rings. The van der Waals surface area contributed by atoms with Crippen LogP contribution < -0.4 is 21.5 Å². The molecular weight excluding hydrogens is 1550 g/mol. The molecule has 4 N–H and O–H groups in total. The van der Waals surface area contributed by atoms with Crippen molar-refractivity contribution in [1.82, 2.24) is 16.0 Å². The summed E-state index contributed by atoms with van der Waals surface area (Å²) in [6, 6.07) is 3.38. The Morgan fingerprint density at radius 1 is 0.398 bits per heavy atom. The Hall–Kier alpha value is -4.07. The lowest BCUT2D eigenvalue weighted by Crippen LogP contribution is -2.53. The Morgan fingerprint density at radius 2 is 0.676 bits per heavy atom. The molecule has 0 aromatic heterocycles. The molecule has 0 heterocycles. The predicted molar refractivity (Wildman–Crippen MR) is 441 cm³/mol. The summed E-state index contributed by atoms with van der Waals surface area (Å²) in [5, 5.41) is 32.1. The second-order valence-corrected chi connectivity index (χ2v) is 65.4. The molecule has 37 heteroatoms. The number of quaternary nitrogens is 1. The number of hydrogen-bond acceptors (Lipinski definition) is 27. The second kappa shape index (κ2) is 57.9. The van der Waals surface area contributed by atoms with E-state index in [2.05, 4.69) is 126 Å². The van der Waals surface area contributed by atoms with Crippen LogP contribution in [0.1, 0.15) is 104 Å². The number of allylic oxidation sites excluding steroid dienone is 2. The van der Waals surface area contributed by atoms with Gasteiger partial charge in [0.2, 0.25) is 0 Å². The fraction of sp³-hybridized carbons (Fsp3) is 0.746. The predicted octanol–water partition coefficient (Wildman–Crippen LogP) is 10.8. The van der Waals surface area contributed by atoms with Crippen molar-refractivity contribution in [3.05, 3.63) is 61.8 Å². The van der Waals surface area contributed by atoms with Gasteiger partial charge in [-0.1, -0.05) is 97.8 Å². The highest BCUT2D eigenvalue weighted by Crippen LogP contribution is 2.30. The molecule has 2 atom stereocenters. The number of likely N-dealkylation sites (N-methyl/N-ethyl adjacent to an activating group) is 2. The summed E-state index contributed by atoms with van der Waals surface area (Å²) >= 11 is 0. The number of carbonyl (C=O) groups is 8. The number of aliphatic carboxylic acids is 3. The minimum Gasteiger partial charge on any atom is -0.550 e. The number of ether oxygens (including phenoxy) is 5. The minimum absolute atomic E-state index is 0. The van der Waals surface area contributed by atoms with Crippen LogP contribution in [-0.4, -0.2) is 228 Å². The first-order valence-electron chi connectivity index (χ1n) is 37.1. The summed E-state index contributed by atoms with van der Waals surface area (Å²) in [6.45, 7) is 61.7. The zero-order valence-electron chi connectivity index (χ0n) is 71.3. The van der Waals surface area contributed by atoms with Gasteiger partial charge >= 0.3 is 81.2 Å². The van der Waals surface area contributed by atoms with Crippen LogP contribution in [0.3, 0.4) is 0 Å². The first-order chi connectivity index (χ1) is 49.0. The van der Waals surface area contributed by atoms with Gasteiger partial charge in [0.15, 0.2) is 25.0 Å². The van der Waals surface area contributed by atoms with Gasteiger partial charge < -0.3 is 107 Å². The number of nitrogens with zero attached hydrogens (tertiary/aromatic N) is 2. The van der Waals surface area contributed by atoms with E-state index >= 15 is 0 Å². The van der Waals surface area contributed by atoms with Gasteiger partial charge in [0.05, 0.1) is 25.7 Å². The van der Waals surface area contributed by atoms with Crippen LogP contribution in [0, 0.1) is 11.8 Å². The SMILES string of the molecule is C=C(CC(=O)[O-])C(=O)OCCCO[Si](C)(C)O[Si](C)(C)O[Si](C)(C)CCCC.C=C(CC(=O)[O-])C(=O)OCCCO[Si](C)(C)O[Si](C)(C)O[Si](C)(C)CCCC.C=CC(=O)OCCN(C)C.C=CC(=O)OCCN(C)C.CCCC[Si](C)(C)O[Si](C)(C)O[Si](C)(C)OCCCOC(=O)C1CC=CCC1C(=O)[O-].[NH4+]. The molecule has 2 unspecified atom stereocenters. The van der Waals surface area contributed by atoms with Crippen molar-refractivity contribution >= 4 is 124 Å². The van der Waals surface area contributed by atoms with Crippen molar-refractivity contribution in [2.75, 3.05) is 94.1 Å². The number of carbonyl (C=O) groups excluding carboxylic acids is 8. The molecule has 1 aliphatic carbocycles. The molecule has 0 aliphatic heterocycles. The quantitative estimate of drug-likeness (QED) is 0.0148. The van der Waals surface area contributed by atoms with Crippen LogP contribution in [0.15, 0.2) is 61.8 Å². The topological polar surface area (TPSA) is 378 Å². The highest BCUT2D eigenvalue weighted by molar-refractivity contribution is 6.88. The number of unbranched alkanes of at least 4 members (excludes halogenated alkanes) is 3. The molecule has 0 spiro atoms. The van der Waals surface area contributed by atoms with Crippen LogP contribution in [-0.2, 0) is 100 Å². The Labute approximate surface area is 659 Å². The maximum atomic E-state index is 12.3. The molecule has 0 bridgehead atoms. The van der Waals surface area contributed by atoms with E-state index in [-0.39, 0.29) is 49.1 Å². The van der Waals surface area contributed by atoms with E-state index in [0.29, 0.717) is 65.1 Å². The number of esters is 5. The average molecular weight is 1690 g/mol. The molecule has 0 saturated heterocycles. The first kappa shape index (κ1) is 113. The van der Waals surface area contributed by atoms with Gasteiger partial charge in [-0.25, -0.2) is 19.2 Å². The molecule has 0 radical (unpaired) electrons. The summed E-state index contributed by atoms with van der Waals surface area (Å²) in [5.74, 6) is -8.04. The Bertz CT molecular complexity index is 2580. The van der Waals surface area contributed by atoms with Gasteiger partial charge in [-0.05, 0) is 177 Å². The van der Waals surface area contributed by atoms with Crippen molar-refractivity contribution in [2.24, 2.45) is 11.8 Å². The summed E-state index contributed by atoms with van der Waals surface area (Å²) in [6.07, 6.45) is 14.1. The molecule has 108 heavy (non-hydrogen) atoms. The van der Waals surface area contributed by atoms with E-state index in [1.54, 1.807) is 6.08 Å². The fourth-order valence-corrected chi connectivity index (χ4v) is 49.7. The average Bonchev–Trinajstić information content (AvgIpc) is 0.851. The van der Waals surface area contributed by atoms with Crippen LogP contribution in [0.4, 0.5) is 0 Å². The maximum Gasteiger partial charge on any atom is 0.333 e. The van der Waals surface area contributed by atoms with Crippen LogP contribution >= 0.6 is 0 Å². The third-order valence-corrected chi connectivity index (χ3v) is 46.3. The minimum atomic E-state index is -2.38. The molecule has 0 amide bonds. The van der Waals surface area contributed by atoms with E-state index in [9.17, 15) is 53.7 Å². The monoisotopic (exact) mass is 1690 g/mol. The molecule has 28 nitrogen and oxygen atoms in total. The van der Waals surface area contributed by atoms with E-state index < -0.39 is 137 Å². The summed E-state index contributed by atoms with van der Waals surface area (Å²) in [4.78, 5) is 92.2. The van der Waals surface area contributed by atoms with Gasteiger partial charge in [0.1, 0.15) is 13.2 Å². The number of carboxylic acid groups (broad SMARTS) is 3. The van der Waals surface area contributed by atoms with E-state index in [4.69, 9.17) is 61.7 Å². The zero-order chi connectivity index (χ0) is 83.7. The highest BCUT2D eigenvalue weighted by atomic mass is 28.5. The Kier molecular flexibility index (Phi) is 60.3. The Morgan fingerprint density at radius 3 is 0.926 bits per heavy atom. The fourth-order valence-electron chi connectivity index (χ4n) is 10.4. The van der Waals surface area contributed by atoms with Crippen molar-refractivity contribution in [1.29, 1.82) is 0 Å².